The van der Waals surface area contributed by atoms with E-state index in [1.165, 1.54) is 0 Å². The van der Waals surface area contributed by atoms with Crippen molar-refractivity contribution in [1.29, 1.82) is 0 Å². The molecule has 1 atom stereocenters. The van der Waals surface area contributed by atoms with Crippen LogP contribution >= 0.6 is 0 Å². The molecule has 0 bridgehead atoms. The predicted octanol–water partition coefficient (Wildman–Crippen LogP) is 2.36. The molecule has 2 aromatic rings. The molecule has 0 aliphatic carbocycles. The van der Waals surface area contributed by atoms with Crippen molar-refractivity contribution in [2.45, 2.75) is 25.9 Å². The van der Waals surface area contributed by atoms with E-state index in [4.69, 9.17) is 4.74 Å². The van der Waals surface area contributed by atoms with E-state index in [-0.39, 0.29) is 5.91 Å². The van der Waals surface area contributed by atoms with E-state index < -0.39 is 5.60 Å². The van der Waals surface area contributed by atoms with E-state index in [1.54, 1.807) is 6.33 Å². The van der Waals surface area contributed by atoms with Gasteiger partial charge in [-0.25, -0.2) is 4.98 Å². The van der Waals surface area contributed by atoms with Gasteiger partial charge in [-0.2, -0.15) is 0 Å². The first-order valence-corrected chi connectivity index (χ1v) is 7.65. The number of nitrogens with zero attached hydrogens (tertiary/aromatic N) is 2. The number of hydrogen-bond donors (Lipinski definition) is 1. The highest BCUT2D eigenvalue weighted by Crippen LogP contribution is 2.30. The van der Waals surface area contributed by atoms with Crippen LogP contribution in [0.5, 0.6) is 0 Å². The van der Waals surface area contributed by atoms with Gasteiger partial charge >= 0.3 is 0 Å². The van der Waals surface area contributed by atoms with Gasteiger partial charge in [-0.05, 0) is 18.9 Å². The third-order valence-corrected chi connectivity index (χ3v) is 4.22. The lowest BCUT2D eigenvalue weighted by Gasteiger charge is -2.40. The number of ether oxygens (including phenoxy) is 1. The Labute approximate surface area is 130 Å². The zero-order valence-electron chi connectivity index (χ0n) is 13.0. The highest BCUT2D eigenvalue weighted by molar-refractivity contribution is 5.93. The molecule has 2 heterocycles. The van der Waals surface area contributed by atoms with E-state index in [0.717, 1.165) is 17.7 Å². The largest absolute Gasteiger partial charge is 0.367 e. The number of H-pyrrole nitrogens is 1. The van der Waals surface area contributed by atoms with Crippen molar-refractivity contribution < 1.29 is 9.53 Å². The summed E-state index contributed by atoms with van der Waals surface area (Å²) in [6, 6.07) is 10.1. The maximum atomic E-state index is 12.7. The first kappa shape index (κ1) is 14.8. The van der Waals surface area contributed by atoms with Crippen molar-refractivity contribution in [2.24, 2.45) is 0 Å². The number of rotatable bonds is 3. The molecule has 1 aliphatic heterocycles. The Bertz CT molecular complexity index is 653. The molecule has 1 aromatic heterocycles. The van der Waals surface area contributed by atoms with Crippen molar-refractivity contribution in [2.75, 3.05) is 19.7 Å². The standard InChI is InChI=1S/C17H21N3O2/c1-3-14-15(19-12-18-14)16(21)20-9-10-22-17(2,11-20)13-7-5-4-6-8-13/h4-8,12H,3,9-11H2,1-2H3,(H,18,19). The summed E-state index contributed by atoms with van der Waals surface area (Å²) in [6.45, 7) is 5.71. The summed E-state index contributed by atoms with van der Waals surface area (Å²) in [5.41, 5.74) is 2.03. The van der Waals surface area contributed by atoms with Crippen LogP contribution in [0.1, 0.15) is 35.6 Å². The second-order valence-electron chi connectivity index (χ2n) is 5.76. The van der Waals surface area contributed by atoms with Crippen molar-refractivity contribution in [3.8, 4) is 0 Å². The van der Waals surface area contributed by atoms with Gasteiger partial charge in [-0.1, -0.05) is 37.3 Å². The Balaban J connectivity index is 1.83. The SMILES string of the molecule is CCc1[nH]cnc1C(=O)N1CCOC(C)(c2ccccc2)C1. The Morgan fingerprint density at radius 2 is 2.18 bits per heavy atom. The Morgan fingerprint density at radius 3 is 2.91 bits per heavy atom. The third-order valence-electron chi connectivity index (χ3n) is 4.22. The fourth-order valence-electron chi connectivity index (χ4n) is 2.93. The van der Waals surface area contributed by atoms with E-state index in [0.29, 0.717) is 25.4 Å². The number of hydrogen-bond acceptors (Lipinski definition) is 3. The van der Waals surface area contributed by atoms with Gasteiger partial charge in [0.1, 0.15) is 11.3 Å². The van der Waals surface area contributed by atoms with Crippen LogP contribution in [0.3, 0.4) is 0 Å². The number of carbonyl (C=O) groups excluding carboxylic acids is 1. The lowest BCUT2D eigenvalue weighted by molar-refractivity contribution is -0.0931. The maximum Gasteiger partial charge on any atom is 0.274 e. The minimum absolute atomic E-state index is 0.0245. The van der Waals surface area contributed by atoms with Crippen LogP contribution in [0.2, 0.25) is 0 Å². The van der Waals surface area contributed by atoms with Crippen LogP contribution in [-0.4, -0.2) is 40.5 Å². The number of aromatic amines is 1. The summed E-state index contributed by atoms with van der Waals surface area (Å²) < 4.78 is 5.98. The highest BCUT2D eigenvalue weighted by Gasteiger charge is 2.36. The van der Waals surface area contributed by atoms with Gasteiger partial charge in [0.05, 0.1) is 19.5 Å². The smallest absolute Gasteiger partial charge is 0.274 e. The van der Waals surface area contributed by atoms with Crippen LogP contribution in [0, 0.1) is 0 Å². The summed E-state index contributed by atoms with van der Waals surface area (Å²) in [4.78, 5) is 21.8. The minimum atomic E-state index is -0.474. The maximum absolute atomic E-state index is 12.7. The molecule has 1 N–H and O–H groups in total. The van der Waals surface area contributed by atoms with Gasteiger partial charge in [0, 0.05) is 12.2 Å². The van der Waals surface area contributed by atoms with E-state index >= 15 is 0 Å². The molecule has 1 amide bonds. The lowest BCUT2D eigenvalue weighted by Crippen LogP contribution is -2.50. The van der Waals surface area contributed by atoms with Crippen LogP contribution < -0.4 is 0 Å². The van der Waals surface area contributed by atoms with Gasteiger partial charge in [-0.15, -0.1) is 0 Å². The molecule has 1 aromatic carbocycles. The van der Waals surface area contributed by atoms with E-state index in [9.17, 15) is 4.79 Å². The Morgan fingerprint density at radius 1 is 1.41 bits per heavy atom. The quantitative estimate of drug-likeness (QED) is 0.946. The summed E-state index contributed by atoms with van der Waals surface area (Å²) >= 11 is 0. The fourth-order valence-corrected chi connectivity index (χ4v) is 2.93. The summed E-state index contributed by atoms with van der Waals surface area (Å²) in [5.74, 6) is -0.0245. The van der Waals surface area contributed by atoms with E-state index in [1.807, 2.05) is 49.1 Å². The third kappa shape index (κ3) is 2.64. The second-order valence-corrected chi connectivity index (χ2v) is 5.76. The van der Waals surface area contributed by atoms with Gasteiger partial charge in [-0.3, -0.25) is 4.79 Å². The van der Waals surface area contributed by atoms with E-state index in [2.05, 4.69) is 9.97 Å². The number of aryl methyl sites for hydroxylation is 1. The lowest BCUT2D eigenvalue weighted by atomic mass is 9.93. The number of morpholine rings is 1. The Kier molecular flexibility index (Phi) is 3.98. The monoisotopic (exact) mass is 299 g/mol. The number of carbonyl (C=O) groups is 1. The molecule has 3 rings (SSSR count). The zero-order chi connectivity index (χ0) is 15.6. The zero-order valence-corrected chi connectivity index (χ0v) is 13.0. The molecule has 22 heavy (non-hydrogen) atoms. The number of amides is 1. The molecule has 0 radical (unpaired) electrons. The molecule has 5 heteroatoms. The molecule has 5 nitrogen and oxygen atoms in total. The molecular formula is C17H21N3O2. The van der Waals surface area contributed by atoms with Crippen LogP contribution in [0.15, 0.2) is 36.7 Å². The molecule has 1 unspecified atom stereocenters. The summed E-state index contributed by atoms with van der Waals surface area (Å²) in [7, 11) is 0. The first-order valence-electron chi connectivity index (χ1n) is 7.65. The molecule has 1 aliphatic rings. The number of benzene rings is 1. The van der Waals surface area contributed by atoms with Crippen LogP contribution in [0.4, 0.5) is 0 Å². The molecular weight excluding hydrogens is 278 g/mol. The van der Waals surface area contributed by atoms with Crippen molar-refractivity contribution in [3.63, 3.8) is 0 Å². The number of nitrogens with one attached hydrogen (secondary N) is 1. The van der Waals surface area contributed by atoms with Crippen molar-refractivity contribution in [3.05, 3.63) is 53.6 Å². The average Bonchev–Trinajstić information content (AvgIpc) is 3.03. The first-order chi connectivity index (χ1) is 10.6. The Hall–Kier alpha value is -2.14. The topological polar surface area (TPSA) is 58.2 Å². The summed E-state index contributed by atoms with van der Waals surface area (Å²) in [6.07, 6.45) is 2.35. The van der Waals surface area contributed by atoms with Crippen LogP contribution in [0.25, 0.3) is 0 Å². The normalized spacial score (nSPS) is 21.8. The van der Waals surface area contributed by atoms with Gasteiger partial charge in [0.15, 0.2) is 0 Å². The molecule has 0 saturated carbocycles. The minimum Gasteiger partial charge on any atom is -0.367 e. The van der Waals surface area contributed by atoms with Gasteiger partial charge in [0.25, 0.3) is 5.91 Å². The van der Waals surface area contributed by atoms with Crippen molar-refractivity contribution in [1.82, 2.24) is 14.9 Å². The molecule has 1 fully saturated rings. The van der Waals surface area contributed by atoms with Crippen LogP contribution in [-0.2, 0) is 16.8 Å². The second kappa shape index (κ2) is 5.93. The number of aromatic nitrogens is 2. The number of imidazole rings is 1. The van der Waals surface area contributed by atoms with Gasteiger partial charge < -0.3 is 14.6 Å². The average molecular weight is 299 g/mol. The van der Waals surface area contributed by atoms with Crippen molar-refractivity contribution >= 4 is 5.91 Å². The van der Waals surface area contributed by atoms with Gasteiger partial charge in [0.2, 0.25) is 0 Å². The predicted molar refractivity (Wildman–Crippen MR) is 83.6 cm³/mol. The molecule has 0 spiro atoms. The summed E-state index contributed by atoms with van der Waals surface area (Å²) in [5, 5.41) is 0. The molecule has 1 saturated heterocycles. The highest BCUT2D eigenvalue weighted by atomic mass is 16.5. The molecule has 116 valence electrons. The fraction of sp³-hybridized carbons (Fsp3) is 0.412.